The van der Waals surface area contributed by atoms with Gasteiger partial charge in [-0.15, -0.1) is 0 Å². The van der Waals surface area contributed by atoms with Gasteiger partial charge >= 0.3 is 0 Å². The van der Waals surface area contributed by atoms with Gasteiger partial charge < -0.3 is 15.1 Å². The summed E-state index contributed by atoms with van der Waals surface area (Å²) in [6, 6.07) is 17.1. The highest BCUT2D eigenvalue weighted by molar-refractivity contribution is 6.25. The molecular weight excluding hydrogens is 448 g/mol. The molecule has 0 bridgehead atoms. The van der Waals surface area contributed by atoms with E-state index in [0.717, 1.165) is 76.9 Å². The molecule has 184 valence electrons. The molecule has 6 heteroatoms. The van der Waals surface area contributed by atoms with Crippen LogP contribution in [0.4, 0.5) is 11.4 Å². The fourth-order valence-electron chi connectivity index (χ4n) is 6.70. The van der Waals surface area contributed by atoms with Crippen molar-refractivity contribution >= 4 is 34.0 Å². The molecule has 2 amide bonds. The molecule has 3 heterocycles. The van der Waals surface area contributed by atoms with Gasteiger partial charge in [0.25, 0.3) is 11.8 Å². The molecule has 7 rings (SSSR count). The Labute approximate surface area is 211 Å². The van der Waals surface area contributed by atoms with Crippen LogP contribution in [0.25, 0.3) is 10.8 Å². The van der Waals surface area contributed by atoms with Crippen molar-refractivity contribution in [3.8, 4) is 0 Å². The predicted octanol–water partition coefficient (Wildman–Crippen LogP) is 4.44. The summed E-state index contributed by atoms with van der Waals surface area (Å²) in [6.07, 6.45) is 4.38. The van der Waals surface area contributed by atoms with E-state index in [2.05, 4.69) is 45.4 Å². The molecule has 1 saturated carbocycles. The Hall–Kier alpha value is -3.38. The number of anilines is 2. The molecule has 4 aliphatic rings. The summed E-state index contributed by atoms with van der Waals surface area (Å²) in [7, 11) is 1.83. The number of fused-ring (bicyclic) bond motifs is 1. The Morgan fingerprint density at radius 3 is 2.75 bits per heavy atom. The van der Waals surface area contributed by atoms with E-state index in [1.807, 2.05) is 32.2 Å². The number of piperazine rings is 1. The highest BCUT2D eigenvalue weighted by atomic mass is 16.2. The summed E-state index contributed by atoms with van der Waals surface area (Å²) in [4.78, 5) is 33.2. The first-order chi connectivity index (χ1) is 17.4. The summed E-state index contributed by atoms with van der Waals surface area (Å²) >= 11 is 0. The highest BCUT2D eigenvalue weighted by Crippen LogP contribution is 2.50. The predicted molar refractivity (Wildman–Crippen MR) is 143 cm³/mol. The lowest BCUT2D eigenvalue weighted by Gasteiger charge is -2.39. The maximum atomic E-state index is 13.7. The number of amides is 2. The van der Waals surface area contributed by atoms with E-state index in [0.29, 0.717) is 6.04 Å². The molecule has 6 nitrogen and oxygen atoms in total. The third-order valence-corrected chi connectivity index (χ3v) is 8.95. The van der Waals surface area contributed by atoms with Crippen molar-refractivity contribution in [1.29, 1.82) is 0 Å². The van der Waals surface area contributed by atoms with Gasteiger partial charge in [0.2, 0.25) is 0 Å². The third-order valence-electron chi connectivity index (χ3n) is 8.95. The van der Waals surface area contributed by atoms with Crippen LogP contribution in [0, 0.1) is 6.92 Å². The molecule has 1 atom stereocenters. The van der Waals surface area contributed by atoms with Gasteiger partial charge in [-0.3, -0.25) is 14.5 Å². The fraction of sp³-hybridized carbons (Fsp3) is 0.400. The van der Waals surface area contributed by atoms with E-state index in [1.54, 1.807) is 4.90 Å². The van der Waals surface area contributed by atoms with Gasteiger partial charge in [-0.05, 0) is 79.9 Å². The Kier molecular flexibility index (Phi) is 4.74. The quantitative estimate of drug-likeness (QED) is 0.600. The highest BCUT2D eigenvalue weighted by Gasteiger charge is 2.47. The zero-order chi connectivity index (χ0) is 24.6. The average molecular weight is 481 g/mol. The van der Waals surface area contributed by atoms with Gasteiger partial charge in [0.15, 0.2) is 0 Å². The van der Waals surface area contributed by atoms with Crippen LogP contribution in [0.5, 0.6) is 0 Å². The number of carbonyl (C=O) groups is 2. The molecule has 0 radical (unpaired) electrons. The van der Waals surface area contributed by atoms with E-state index in [-0.39, 0.29) is 17.4 Å². The molecule has 0 unspecified atom stereocenters. The smallest absolute Gasteiger partial charge is 0.258 e. The van der Waals surface area contributed by atoms with Crippen LogP contribution < -0.4 is 15.1 Å². The molecule has 1 N–H and O–H groups in total. The second kappa shape index (κ2) is 7.81. The van der Waals surface area contributed by atoms with Gasteiger partial charge in [0.05, 0.1) is 11.2 Å². The number of hydrogen-bond acceptors (Lipinski definition) is 4. The van der Waals surface area contributed by atoms with Crippen LogP contribution in [0.1, 0.15) is 57.5 Å². The minimum Gasteiger partial charge on any atom is -0.369 e. The van der Waals surface area contributed by atoms with Crippen LogP contribution in [-0.4, -0.2) is 56.0 Å². The van der Waals surface area contributed by atoms with Crippen molar-refractivity contribution < 1.29 is 9.59 Å². The molecule has 3 aromatic rings. The Bertz CT molecular complexity index is 1430. The second-order valence-electron chi connectivity index (χ2n) is 11.0. The maximum Gasteiger partial charge on any atom is 0.258 e. The topological polar surface area (TPSA) is 55.9 Å². The molecular formula is C30H32N4O2. The van der Waals surface area contributed by atoms with E-state index >= 15 is 0 Å². The van der Waals surface area contributed by atoms with Crippen LogP contribution >= 0.6 is 0 Å². The van der Waals surface area contributed by atoms with Gasteiger partial charge in [0, 0.05) is 54.9 Å². The lowest BCUT2D eigenvalue weighted by Crippen LogP contribution is -2.50. The molecule has 3 fully saturated rings. The van der Waals surface area contributed by atoms with E-state index in [9.17, 15) is 9.59 Å². The molecule has 36 heavy (non-hydrogen) atoms. The van der Waals surface area contributed by atoms with Gasteiger partial charge in [-0.25, -0.2) is 0 Å². The van der Waals surface area contributed by atoms with Crippen LogP contribution in [0.3, 0.4) is 0 Å². The van der Waals surface area contributed by atoms with E-state index in [4.69, 9.17) is 0 Å². The summed E-state index contributed by atoms with van der Waals surface area (Å²) in [5, 5.41) is 5.49. The molecule has 0 spiro atoms. The number of nitrogens with one attached hydrogen (secondary N) is 1. The Morgan fingerprint density at radius 1 is 1.06 bits per heavy atom. The Morgan fingerprint density at radius 2 is 1.92 bits per heavy atom. The van der Waals surface area contributed by atoms with Crippen LogP contribution in [-0.2, 0) is 5.54 Å². The number of carbonyl (C=O) groups excluding carboxylic acids is 2. The van der Waals surface area contributed by atoms with Gasteiger partial charge in [-0.2, -0.15) is 0 Å². The number of hydrogen-bond donors (Lipinski definition) is 1. The first-order valence-electron chi connectivity index (χ1n) is 13.2. The summed E-state index contributed by atoms with van der Waals surface area (Å²) in [5.41, 5.74) is 5.34. The monoisotopic (exact) mass is 480 g/mol. The molecule has 3 aromatic carbocycles. The number of aryl methyl sites for hydroxylation is 1. The fourth-order valence-corrected chi connectivity index (χ4v) is 6.70. The van der Waals surface area contributed by atoms with Crippen molar-refractivity contribution in [2.45, 2.75) is 44.2 Å². The summed E-state index contributed by atoms with van der Waals surface area (Å²) in [5.74, 6) is 0.0234. The zero-order valence-electron chi connectivity index (χ0n) is 21.0. The first-order valence-corrected chi connectivity index (χ1v) is 13.2. The number of nitrogens with zero attached hydrogens (tertiary/aromatic N) is 3. The van der Waals surface area contributed by atoms with Crippen LogP contribution in [0.15, 0.2) is 48.5 Å². The minimum atomic E-state index is -0.379. The van der Waals surface area contributed by atoms with Crippen molar-refractivity contribution in [3.05, 3.63) is 70.8 Å². The summed E-state index contributed by atoms with van der Waals surface area (Å²) < 4.78 is 0. The molecule has 2 saturated heterocycles. The maximum absolute atomic E-state index is 13.7. The van der Waals surface area contributed by atoms with E-state index in [1.165, 1.54) is 19.4 Å². The van der Waals surface area contributed by atoms with Crippen molar-refractivity contribution in [2.24, 2.45) is 0 Å². The molecule has 0 aromatic heterocycles. The Balaban J connectivity index is 1.19. The third kappa shape index (κ3) is 3.20. The van der Waals surface area contributed by atoms with Crippen molar-refractivity contribution in [3.63, 3.8) is 0 Å². The SMILES string of the molecule is Cc1ccc(N2CCN3CCC[C@@H]3C2)cc1C(=O)NC1(c2ccc3c4c(cccc24)C(=O)N3C)CC1. The van der Waals surface area contributed by atoms with Crippen molar-refractivity contribution in [1.82, 2.24) is 10.2 Å². The largest absolute Gasteiger partial charge is 0.369 e. The minimum absolute atomic E-state index is 0.0113. The van der Waals surface area contributed by atoms with E-state index < -0.39 is 0 Å². The lowest BCUT2D eigenvalue weighted by molar-refractivity contribution is 0.0929. The lowest BCUT2D eigenvalue weighted by atomic mass is 9.94. The van der Waals surface area contributed by atoms with Crippen LogP contribution in [0.2, 0.25) is 0 Å². The normalized spacial score (nSPS) is 22.3. The molecule has 3 aliphatic heterocycles. The molecule has 1 aliphatic carbocycles. The van der Waals surface area contributed by atoms with Gasteiger partial charge in [0.1, 0.15) is 0 Å². The average Bonchev–Trinajstić information content (AvgIpc) is 3.43. The number of rotatable bonds is 4. The van der Waals surface area contributed by atoms with Crippen molar-refractivity contribution in [2.75, 3.05) is 43.0 Å². The number of benzene rings is 3. The summed E-state index contributed by atoms with van der Waals surface area (Å²) in [6.45, 7) is 6.41. The first kappa shape index (κ1) is 21.9. The second-order valence-corrected chi connectivity index (χ2v) is 11.0. The standard InChI is InChI=1S/C30H32N4O2/c1-19-8-9-20(34-16-15-33-14-4-5-21(33)18-34)17-24(19)28(35)31-30(12-13-30)25-10-11-26-27-22(25)6-3-7-23(27)29(36)32(26)2/h3,6-11,17,21H,4-5,12-16,18H2,1-2H3,(H,31,35)/t21-/m1/s1. The van der Waals surface area contributed by atoms with Gasteiger partial charge in [-0.1, -0.05) is 24.3 Å². The zero-order valence-corrected chi connectivity index (χ0v) is 21.0.